The van der Waals surface area contributed by atoms with Crippen molar-refractivity contribution in [1.29, 1.82) is 0 Å². The summed E-state index contributed by atoms with van der Waals surface area (Å²) in [4.78, 5) is 8.04. The van der Waals surface area contributed by atoms with Gasteiger partial charge in [0.05, 0.1) is 0 Å². The molecule has 9 heteroatoms. The highest BCUT2D eigenvalue weighted by Crippen LogP contribution is 2.47. The fourth-order valence-electron chi connectivity index (χ4n) is 2.95. The van der Waals surface area contributed by atoms with Crippen molar-refractivity contribution in [2.45, 2.75) is 31.0 Å². The van der Waals surface area contributed by atoms with Gasteiger partial charge in [-0.15, -0.1) is 0 Å². The molecule has 2 N–H and O–H groups in total. The molecule has 0 spiro atoms. The van der Waals surface area contributed by atoms with Crippen molar-refractivity contribution < 1.29 is 22.3 Å². The number of halogens is 4. The number of hydrogen-bond acceptors (Lipinski definition) is 3. The van der Waals surface area contributed by atoms with E-state index < -0.39 is 12.8 Å². The van der Waals surface area contributed by atoms with Gasteiger partial charge in [-0.05, 0) is 36.1 Å². The third kappa shape index (κ3) is 6.07. The van der Waals surface area contributed by atoms with E-state index in [1.54, 1.807) is 25.2 Å². The van der Waals surface area contributed by atoms with Gasteiger partial charge in [-0.1, -0.05) is 18.2 Å². The zero-order valence-electron chi connectivity index (χ0n) is 15.9. The molecule has 0 aliphatic heterocycles. The summed E-state index contributed by atoms with van der Waals surface area (Å²) in [6.07, 6.45) is -1.00. The van der Waals surface area contributed by atoms with Crippen molar-refractivity contribution >= 4 is 5.96 Å². The van der Waals surface area contributed by atoms with Gasteiger partial charge < -0.3 is 15.4 Å². The van der Waals surface area contributed by atoms with Crippen molar-refractivity contribution in [2.75, 3.05) is 20.2 Å². The summed E-state index contributed by atoms with van der Waals surface area (Å²) in [5.74, 6) is 0.246. The molecule has 1 fully saturated rings. The fourth-order valence-corrected chi connectivity index (χ4v) is 2.95. The van der Waals surface area contributed by atoms with E-state index in [1.165, 1.54) is 18.3 Å². The van der Waals surface area contributed by atoms with Crippen LogP contribution < -0.4 is 15.4 Å². The second kappa shape index (κ2) is 8.67. The molecule has 156 valence electrons. The Morgan fingerprint density at radius 1 is 1.21 bits per heavy atom. The van der Waals surface area contributed by atoms with Crippen LogP contribution in [0.3, 0.4) is 0 Å². The second-order valence-corrected chi connectivity index (χ2v) is 6.98. The number of alkyl halides is 3. The lowest BCUT2D eigenvalue weighted by atomic mass is 9.96. The minimum atomic E-state index is -4.40. The smallest absolute Gasteiger partial charge is 0.422 e. The van der Waals surface area contributed by atoms with Crippen LogP contribution in [0.15, 0.2) is 47.6 Å². The van der Waals surface area contributed by atoms with Gasteiger partial charge in [0, 0.05) is 37.8 Å². The molecule has 1 aromatic heterocycles. The van der Waals surface area contributed by atoms with Crippen molar-refractivity contribution in [3.63, 3.8) is 0 Å². The summed E-state index contributed by atoms with van der Waals surface area (Å²) in [6.45, 7) is -0.362. The van der Waals surface area contributed by atoms with E-state index in [4.69, 9.17) is 0 Å². The lowest BCUT2D eigenvalue weighted by Crippen LogP contribution is -2.40. The van der Waals surface area contributed by atoms with E-state index in [0.717, 1.165) is 24.0 Å². The Morgan fingerprint density at radius 3 is 2.59 bits per heavy atom. The first-order valence-corrected chi connectivity index (χ1v) is 9.15. The Labute approximate surface area is 166 Å². The van der Waals surface area contributed by atoms with Crippen LogP contribution in [0.25, 0.3) is 0 Å². The molecule has 1 aliphatic carbocycles. The summed E-state index contributed by atoms with van der Waals surface area (Å²) in [5.41, 5.74) is 1.65. The minimum absolute atomic E-state index is 0.0839. The number of aromatic nitrogens is 1. The summed E-state index contributed by atoms with van der Waals surface area (Å²) < 4.78 is 54.6. The zero-order chi connectivity index (χ0) is 20.9. The Bertz CT molecular complexity index is 848. The number of nitrogens with zero attached hydrogens (tertiary/aromatic N) is 2. The Balaban J connectivity index is 1.48. The number of rotatable bonds is 7. The van der Waals surface area contributed by atoms with Gasteiger partial charge in [0.2, 0.25) is 5.88 Å². The van der Waals surface area contributed by atoms with Crippen molar-refractivity contribution in [3.05, 3.63) is 59.5 Å². The first kappa shape index (κ1) is 20.9. The minimum Gasteiger partial charge on any atom is -0.468 e. The van der Waals surface area contributed by atoms with E-state index in [9.17, 15) is 17.6 Å². The summed E-state index contributed by atoms with van der Waals surface area (Å²) >= 11 is 0. The van der Waals surface area contributed by atoms with Gasteiger partial charge in [0.25, 0.3) is 0 Å². The number of aliphatic imine (C=N–C) groups is 1. The molecular formula is C20H22F4N4O. The first-order chi connectivity index (χ1) is 13.8. The van der Waals surface area contributed by atoms with Gasteiger partial charge >= 0.3 is 6.18 Å². The molecule has 1 aliphatic rings. The van der Waals surface area contributed by atoms with E-state index >= 15 is 0 Å². The molecule has 29 heavy (non-hydrogen) atoms. The molecule has 1 saturated carbocycles. The van der Waals surface area contributed by atoms with Gasteiger partial charge in [-0.2, -0.15) is 13.2 Å². The van der Waals surface area contributed by atoms with Crippen LogP contribution in [0, 0.1) is 5.82 Å². The van der Waals surface area contributed by atoms with E-state index in [0.29, 0.717) is 19.0 Å². The van der Waals surface area contributed by atoms with Crippen LogP contribution in [0.1, 0.15) is 24.0 Å². The molecule has 3 rings (SSSR count). The highest BCUT2D eigenvalue weighted by molar-refractivity contribution is 5.79. The molecule has 0 amide bonds. The van der Waals surface area contributed by atoms with E-state index in [2.05, 4.69) is 25.3 Å². The standard InChI is InChI=1S/C20H22F4N4O/c1-25-18(28-12-19(7-8-19)15-3-2-4-16(21)9-15)27-11-14-5-6-17(26-10-14)29-13-20(22,23)24/h2-6,9-10H,7-8,11-13H2,1H3,(H2,25,27,28). The zero-order valence-corrected chi connectivity index (χ0v) is 15.9. The van der Waals surface area contributed by atoms with Gasteiger partial charge in [0.1, 0.15) is 5.82 Å². The van der Waals surface area contributed by atoms with E-state index in [1.807, 2.05) is 6.07 Å². The Morgan fingerprint density at radius 2 is 2.00 bits per heavy atom. The summed E-state index contributed by atoms with van der Waals surface area (Å²) in [7, 11) is 1.64. The molecule has 0 bridgehead atoms. The Hall–Kier alpha value is -2.84. The van der Waals surface area contributed by atoms with Gasteiger partial charge in [-0.3, -0.25) is 4.99 Å². The topological polar surface area (TPSA) is 58.5 Å². The summed E-state index contributed by atoms with van der Waals surface area (Å²) in [5, 5.41) is 6.38. The fraction of sp³-hybridized carbons (Fsp3) is 0.400. The molecule has 0 saturated heterocycles. The summed E-state index contributed by atoms with van der Waals surface area (Å²) in [6, 6.07) is 9.67. The maximum Gasteiger partial charge on any atom is 0.422 e. The number of hydrogen-bond donors (Lipinski definition) is 2. The lowest BCUT2D eigenvalue weighted by Gasteiger charge is -2.19. The van der Waals surface area contributed by atoms with Crippen LogP contribution in [0.4, 0.5) is 17.6 Å². The van der Waals surface area contributed by atoms with Crippen LogP contribution in [-0.2, 0) is 12.0 Å². The average Bonchev–Trinajstić information content (AvgIpc) is 3.48. The molecule has 0 radical (unpaired) electrons. The normalized spacial score (nSPS) is 15.7. The van der Waals surface area contributed by atoms with Crippen molar-refractivity contribution in [1.82, 2.24) is 15.6 Å². The predicted octanol–water partition coefficient (Wildman–Crippen LogP) is 3.56. The number of benzene rings is 1. The molecule has 1 aromatic carbocycles. The quantitative estimate of drug-likeness (QED) is 0.416. The average molecular weight is 410 g/mol. The number of guanidine groups is 1. The maximum absolute atomic E-state index is 13.5. The third-order valence-corrected chi connectivity index (χ3v) is 4.75. The monoisotopic (exact) mass is 410 g/mol. The van der Waals surface area contributed by atoms with Crippen molar-refractivity contribution in [2.24, 2.45) is 4.99 Å². The molecule has 2 aromatic rings. The van der Waals surface area contributed by atoms with E-state index in [-0.39, 0.29) is 17.1 Å². The Kier molecular flexibility index (Phi) is 6.24. The van der Waals surface area contributed by atoms with Crippen LogP contribution >= 0.6 is 0 Å². The highest BCUT2D eigenvalue weighted by atomic mass is 19.4. The SMILES string of the molecule is CN=C(NCc1ccc(OCC(F)(F)F)nc1)NCC1(c2cccc(F)c2)CC1. The third-order valence-electron chi connectivity index (χ3n) is 4.75. The van der Waals surface area contributed by atoms with Gasteiger partial charge in [-0.25, -0.2) is 9.37 Å². The second-order valence-electron chi connectivity index (χ2n) is 6.98. The predicted molar refractivity (Wildman–Crippen MR) is 101 cm³/mol. The number of nitrogens with one attached hydrogen (secondary N) is 2. The lowest BCUT2D eigenvalue weighted by molar-refractivity contribution is -0.154. The maximum atomic E-state index is 13.5. The highest BCUT2D eigenvalue weighted by Gasteiger charge is 2.44. The van der Waals surface area contributed by atoms with Crippen LogP contribution in [0.2, 0.25) is 0 Å². The number of pyridine rings is 1. The van der Waals surface area contributed by atoms with Crippen molar-refractivity contribution in [3.8, 4) is 5.88 Å². The number of ether oxygens (including phenoxy) is 1. The molecule has 0 atom stereocenters. The van der Waals surface area contributed by atoms with Gasteiger partial charge in [0.15, 0.2) is 12.6 Å². The molecule has 1 heterocycles. The van der Waals surface area contributed by atoms with Crippen LogP contribution in [-0.4, -0.2) is 37.3 Å². The molecular weight excluding hydrogens is 388 g/mol. The first-order valence-electron chi connectivity index (χ1n) is 9.15. The molecule has 5 nitrogen and oxygen atoms in total. The molecule has 0 unspecified atom stereocenters. The largest absolute Gasteiger partial charge is 0.468 e. The van der Waals surface area contributed by atoms with Crippen LogP contribution in [0.5, 0.6) is 5.88 Å².